The molecule has 0 saturated heterocycles. The van der Waals surface area contributed by atoms with Gasteiger partial charge < -0.3 is 25.4 Å². The van der Waals surface area contributed by atoms with Crippen molar-refractivity contribution >= 4 is 0 Å². The fraction of sp³-hybridized carbons (Fsp3) is 0.538. The highest BCUT2D eigenvalue weighted by Gasteiger charge is 2.34. The van der Waals surface area contributed by atoms with Crippen LogP contribution in [-0.4, -0.2) is 35.3 Å². The van der Waals surface area contributed by atoms with Gasteiger partial charge in [0.1, 0.15) is 0 Å². The summed E-state index contributed by atoms with van der Waals surface area (Å²) in [4.78, 5) is 0. The third-order valence-electron chi connectivity index (χ3n) is 3.79. The third kappa shape index (κ3) is 1.94. The molecular weight excluding hydrogens is 234 g/mol. The van der Waals surface area contributed by atoms with Crippen LogP contribution < -0.4 is 15.2 Å². The molecule has 1 aliphatic heterocycles. The van der Waals surface area contributed by atoms with E-state index < -0.39 is 12.2 Å². The van der Waals surface area contributed by atoms with Gasteiger partial charge in [0, 0.05) is 12.0 Å². The molecule has 1 saturated carbocycles. The van der Waals surface area contributed by atoms with Crippen LogP contribution >= 0.6 is 0 Å². The van der Waals surface area contributed by atoms with Crippen LogP contribution in [0.3, 0.4) is 0 Å². The zero-order valence-corrected chi connectivity index (χ0v) is 9.95. The van der Waals surface area contributed by atoms with E-state index in [0.717, 1.165) is 17.1 Å². The number of hydrogen-bond acceptors (Lipinski definition) is 5. The van der Waals surface area contributed by atoms with Crippen molar-refractivity contribution in [1.29, 1.82) is 0 Å². The Morgan fingerprint density at radius 2 is 1.78 bits per heavy atom. The second-order valence-electron chi connectivity index (χ2n) is 4.99. The largest absolute Gasteiger partial charge is 0.454 e. The van der Waals surface area contributed by atoms with Gasteiger partial charge in [-0.15, -0.1) is 0 Å². The Balaban J connectivity index is 1.85. The lowest BCUT2D eigenvalue weighted by atomic mass is 9.77. The summed E-state index contributed by atoms with van der Waals surface area (Å²) >= 11 is 0. The fourth-order valence-corrected chi connectivity index (χ4v) is 2.72. The molecule has 0 unspecified atom stereocenters. The van der Waals surface area contributed by atoms with Gasteiger partial charge in [0.15, 0.2) is 11.5 Å². The van der Waals surface area contributed by atoms with E-state index >= 15 is 0 Å². The molecule has 1 aromatic rings. The molecule has 4 atom stereocenters. The Labute approximate surface area is 105 Å². The van der Waals surface area contributed by atoms with Crippen LogP contribution in [0.4, 0.5) is 0 Å². The molecule has 1 aromatic carbocycles. The standard InChI is InChI=1S/C13H17NO4/c14-9-5-11(16)10(15)4-8(9)7-1-2-12-13(3-7)18-6-17-12/h1-3,8-11,15-16H,4-6,14H2/t8-,9+,10-,11-/m1/s1. The monoisotopic (exact) mass is 251 g/mol. The van der Waals surface area contributed by atoms with Crippen LogP contribution in [0.1, 0.15) is 24.3 Å². The Morgan fingerprint density at radius 1 is 1.06 bits per heavy atom. The van der Waals surface area contributed by atoms with Crippen molar-refractivity contribution < 1.29 is 19.7 Å². The van der Waals surface area contributed by atoms with Crippen LogP contribution in [0.25, 0.3) is 0 Å². The van der Waals surface area contributed by atoms with Crippen LogP contribution in [0.2, 0.25) is 0 Å². The molecule has 1 aliphatic carbocycles. The third-order valence-corrected chi connectivity index (χ3v) is 3.79. The number of rotatable bonds is 1. The van der Waals surface area contributed by atoms with Crippen molar-refractivity contribution in [2.45, 2.75) is 37.0 Å². The average Bonchev–Trinajstić information content (AvgIpc) is 2.80. The number of fused-ring (bicyclic) bond motifs is 1. The molecule has 0 radical (unpaired) electrons. The molecule has 5 nitrogen and oxygen atoms in total. The van der Waals surface area contributed by atoms with Crippen LogP contribution in [0.15, 0.2) is 18.2 Å². The van der Waals surface area contributed by atoms with Crippen molar-refractivity contribution in [3.05, 3.63) is 23.8 Å². The summed E-state index contributed by atoms with van der Waals surface area (Å²) in [5.41, 5.74) is 7.09. The van der Waals surface area contributed by atoms with Crippen molar-refractivity contribution in [2.75, 3.05) is 6.79 Å². The highest BCUT2D eigenvalue weighted by atomic mass is 16.7. The van der Waals surface area contributed by atoms with E-state index in [1.165, 1.54) is 0 Å². The molecule has 0 spiro atoms. The molecule has 18 heavy (non-hydrogen) atoms. The van der Waals surface area contributed by atoms with Gasteiger partial charge in [0.25, 0.3) is 0 Å². The summed E-state index contributed by atoms with van der Waals surface area (Å²) in [7, 11) is 0. The summed E-state index contributed by atoms with van der Waals surface area (Å²) < 4.78 is 10.6. The molecule has 0 aromatic heterocycles. The smallest absolute Gasteiger partial charge is 0.231 e. The first-order valence-electron chi connectivity index (χ1n) is 6.16. The quantitative estimate of drug-likeness (QED) is 0.670. The highest BCUT2D eigenvalue weighted by molar-refractivity contribution is 5.45. The number of ether oxygens (including phenoxy) is 2. The van der Waals surface area contributed by atoms with Crippen molar-refractivity contribution in [1.82, 2.24) is 0 Å². The zero-order valence-electron chi connectivity index (χ0n) is 9.95. The molecule has 0 bridgehead atoms. The molecule has 3 rings (SSSR count). The van der Waals surface area contributed by atoms with Crippen LogP contribution in [0.5, 0.6) is 11.5 Å². The number of nitrogens with two attached hydrogens (primary N) is 1. The zero-order chi connectivity index (χ0) is 12.7. The minimum absolute atomic E-state index is 0.0397. The fourth-order valence-electron chi connectivity index (χ4n) is 2.72. The summed E-state index contributed by atoms with van der Waals surface area (Å²) in [5, 5.41) is 19.4. The van der Waals surface area contributed by atoms with E-state index in [1.54, 1.807) is 0 Å². The maximum Gasteiger partial charge on any atom is 0.231 e. The first-order valence-corrected chi connectivity index (χ1v) is 6.16. The van der Waals surface area contributed by atoms with E-state index in [4.69, 9.17) is 15.2 Å². The number of aliphatic hydroxyl groups is 2. The molecule has 1 heterocycles. The second kappa shape index (κ2) is 4.42. The van der Waals surface area contributed by atoms with E-state index in [0.29, 0.717) is 12.8 Å². The molecule has 1 fully saturated rings. The van der Waals surface area contributed by atoms with Gasteiger partial charge in [0.2, 0.25) is 6.79 Å². The minimum Gasteiger partial charge on any atom is -0.454 e. The first kappa shape index (κ1) is 11.8. The van der Waals surface area contributed by atoms with Gasteiger partial charge in [-0.25, -0.2) is 0 Å². The molecule has 0 amide bonds. The first-order chi connectivity index (χ1) is 8.65. The van der Waals surface area contributed by atoms with Crippen LogP contribution in [-0.2, 0) is 0 Å². The maximum atomic E-state index is 9.76. The summed E-state index contributed by atoms with van der Waals surface area (Å²) in [5.74, 6) is 1.50. The minimum atomic E-state index is -0.717. The lowest BCUT2D eigenvalue weighted by Gasteiger charge is -2.35. The summed E-state index contributed by atoms with van der Waals surface area (Å²) in [6, 6.07) is 5.57. The molecule has 5 heteroatoms. The SMILES string of the molecule is N[C@H]1C[C@@H](O)[C@H](O)C[C@@H]1c1ccc2c(c1)OCO2. The lowest BCUT2D eigenvalue weighted by Crippen LogP contribution is -2.44. The predicted molar refractivity (Wildman–Crippen MR) is 64.5 cm³/mol. The summed E-state index contributed by atoms with van der Waals surface area (Å²) in [6.45, 7) is 0.247. The number of aliphatic hydroxyl groups excluding tert-OH is 2. The Kier molecular flexibility index (Phi) is 2.89. The van der Waals surface area contributed by atoms with Gasteiger partial charge in [-0.1, -0.05) is 6.07 Å². The van der Waals surface area contributed by atoms with Gasteiger partial charge in [0.05, 0.1) is 12.2 Å². The Hall–Kier alpha value is -1.30. The van der Waals surface area contributed by atoms with Crippen molar-refractivity contribution in [2.24, 2.45) is 5.73 Å². The second-order valence-corrected chi connectivity index (χ2v) is 4.99. The van der Waals surface area contributed by atoms with Crippen molar-refractivity contribution in [3.8, 4) is 11.5 Å². The highest BCUT2D eigenvalue weighted by Crippen LogP contribution is 2.38. The number of benzene rings is 1. The molecule has 98 valence electrons. The predicted octanol–water partition coefficient (Wildman–Crippen LogP) is 0.342. The van der Waals surface area contributed by atoms with E-state index in [9.17, 15) is 10.2 Å². The van der Waals surface area contributed by atoms with Gasteiger partial charge in [-0.05, 0) is 30.5 Å². The van der Waals surface area contributed by atoms with Gasteiger partial charge in [-0.3, -0.25) is 0 Å². The van der Waals surface area contributed by atoms with Gasteiger partial charge in [-0.2, -0.15) is 0 Å². The van der Waals surface area contributed by atoms with E-state index in [2.05, 4.69) is 0 Å². The average molecular weight is 251 g/mol. The lowest BCUT2D eigenvalue weighted by molar-refractivity contribution is -0.0209. The molecule has 4 N–H and O–H groups in total. The Morgan fingerprint density at radius 3 is 2.61 bits per heavy atom. The van der Waals surface area contributed by atoms with Crippen molar-refractivity contribution in [3.63, 3.8) is 0 Å². The van der Waals surface area contributed by atoms with E-state index in [1.807, 2.05) is 18.2 Å². The number of hydrogen-bond donors (Lipinski definition) is 3. The normalized spacial score (nSPS) is 34.6. The van der Waals surface area contributed by atoms with Gasteiger partial charge >= 0.3 is 0 Å². The maximum absolute atomic E-state index is 9.76. The molecule has 2 aliphatic rings. The topological polar surface area (TPSA) is 84.9 Å². The van der Waals surface area contributed by atoms with E-state index in [-0.39, 0.29) is 18.8 Å². The molecular formula is C13H17NO4. The Bertz CT molecular complexity index is 451. The van der Waals surface area contributed by atoms with Crippen LogP contribution in [0, 0.1) is 0 Å². The summed E-state index contributed by atoms with van der Waals surface area (Å²) in [6.07, 6.45) is -0.534.